The van der Waals surface area contributed by atoms with Crippen molar-refractivity contribution in [1.82, 2.24) is 19.5 Å². The van der Waals surface area contributed by atoms with Gasteiger partial charge in [0.05, 0.1) is 11.7 Å². The minimum Gasteiger partial charge on any atom is -0.326 e. The molecule has 1 aromatic carbocycles. The van der Waals surface area contributed by atoms with Crippen LogP contribution in [0.4, 0.5) is 8.78 Å². The molecule has 0 amide bonds. The first-order valence-corrected chi connectivity index (χ1v) is 7.12. The summed E-state index contributed by atoms with van der Waals surface area (Å²) in [6.45, 7) is 5.75. The van der Waals surface area contributed by atoms with Crippen molar-refractivity contribution in [3.05, 3.63) is 41.1 Å². The number of benzene rings is 1. The maximum Gasteiger partial charge on any atom is 0.223 e. The zero-order chi connectivity index (χ0) is 16.0. The molecule has 2 heterocycles. The van der Waals surface area contributed by atoms with Gasteiger partial charge in [0.1, 0.15) is 17.0 Å². The number of hydrogen-bond acceptors (Lipinski definition) is 3. The number of aryl methyl sites for hydroxylation is 1. The van der Waals surface area contributed by atoms with E-state index in [1.165, 1.54) is 6.07 Å². The van der Waals surface area contributed by atoms with E-state index in [9.17, 15) is 8.78 Å². The van der Waals surface area contributed by atoms with Gasteiger partial charge in [-0.25, -0.2) is 23.7 Å². The van der Waals surface area contributed by atoms with Crippen molar-refractivity contribution in [1.29, 1.82) is 0 Å². The molecule has 7 heteroatoms. The van der Waals surface area contributed by atoms with Crippen LogP contribution in [-0.2, 0) is 0 Å². The molecule has 3 rings (SSSR count). The van der Waals surface area contributed by atoms with Crippen LogP contribution in [0.2, 0.25) is 5.28 Å². The zero-order valence-corrected chi connectivity index (χ0v) is 13.0. The Morgan fingerprint density at radius 1 is 1.14 bits per heavy atom. The summed E-state index contributed by atoms with van der Waals surface area (Å²) in [4.78, 5) is 11.7. The number of imidazole rings is 1. The Morgan fingerprint density at radius 2 is 1.86 bits per heavy atom. The molecule has 0 saturated heterocycles. The van der Waals surface area contributed by atoms with Crippen molar-refractivity contribution in [3.8, 4) is 11.3 Å². The predicted octanol–water partition coefficient (Wildman–Crippen LogP) is 4.31. The van der Waals surface area contributed by atoms with Gasteiger partial charge in [-0.1, -0.05) is 0 Å². The van der Waals surface area contributed by atoms with Crippen LogP contribution in [0, 0.1) is 18.6 Å². The minimum atomic E-state index is -0.657. The van der Waals surface area contributed by atoms with E-state index in [2.05, 4.69) is 15.0 Å². The van der Waals surface area contributed by atoms with E-state index in [-0.39, 0.29) is 22.5 Å². The van der Waals surface area contributed by atoms with Crippen LogP contribution >= 0.6 is 11.6 Å². The number of nitrogens with zero attached hydrogens (tertiary/aromatic N) is 4. The molecule has 2 aromatic heterocycles. The lowest BCUT2D eigenvalue weighted by Crippen LogP contribution is -2.03. The molecule has 0 radical (unpaired) electrons. The van der Waals surface area contributed by atoms with Gasteiger partial charge in [-0.15, -0.1) is 0 Å². The molecule has 114 valence electrons. The molecule has 0 unspecified atom stereocenters. The van der Waals surface area contributed by atoms with Gasteiger partial charge in [-0.05, 0) is 44.5 Å². The number of aromatic nitrogens is 4. The van der Waals surface area contributed by atoms with E-state index in [1.54, 1.807) is 13.0 Å². The average molecular weight is 323 g/mol. The van der Waals surface area contributed by atoms with E-state index < -0.39 is 11.6 Å². The first kappa shape index (κ1) is 14.8. The number of rotatable bonds is 2. The van der Waals surface area contributed by atoms with Crippen molar-refractivity contribution in [2.45, 2.75) is 26.8 Å². The molecule has 0 N–H and O–H groups in total. The maximum absolute atomic E-state index is 14.3. The second-order valence-corrected chi connectivity index (χ2v) is 5.62. The van der Waals surface area contributed by atoms with Crippen LogP contribution in [0.3, 0.4) is 0 Å². The fourth-order valence-corrected chi connectivity index (χ4v) is 2.74. The third-order valence-corrected chi connectivity index (χ3v) is 3.61. The van der Waals surface area contributed by atoms with Crippen LogP contribution in [0.1, 0.15) is 25.7 Å². The fourth-order valence-electron chi connectivity index (χ4n) is 2.61. The van der Waals surface area contributed by atoms with Gasteiger partial charge in [0.15, 0.2) is 11.6 Å². The first-order valence-electron chi connectivity index (χ1n) is 6.75. The Kier molecular flexibility index (Phi) is 3.56. The van der Waals surface area contributed by atoms with Crippen LogP contribution < -0.4 is 0 Å². The molecule has 22 heavy (non-hydrogen) atoms. The molecular weight excluding hydrogens is 310 g/mol. The molecule has 4 nitrogen and oxygen atoms in total. The van der Waals surface area contributed by atoms with Gasteiger partial charge < -0.3 is 4.57 Å². The first-order chi connectivity index (χ1) is 10.4. The standard InChI is InChI=1S/C15H13ClF2N4/c1-7(2)22-8(3)20-14-10(17)4-9(5-12(14)22)13-11(18)6-19-15(16)21-13/h4-7H,1-3H3. The summed E-state index contributed by atoms with van der Waals surface area (Å²) >= 11 is 5.71. The van der Waals surface area contributed by atoms with Crippen LogP contribution in [0.5, 0.6) is 0 Å². The van der Waals surface area contributed by atoms with Crippen molar-refractivity contribution >= 4 is 22.6 Å². The van der Waals surface area contributed by atoms with Crippen LogP contribution in [0.25, 0.3) is 22.3 Å². The Bertz CT molecular complexity index is 874. The maximum atomic E-state index is 14.3. The summed E-state index contributed by atoms with van der Waals surface area (Å²) in [6.07, 6.45) is 0.970. The Hall–Kier alpha value is -2.08. The predicted molar refractivity (Wildman–Crippen MR) is 80.8 cm³/mol. The SMILES string of the molecule is Cc1nc2c(F)cc(-c3nc(Cl)ncc3F)cc2n1C(C)C. The average Bonchev–Trinajstić information content (AvgIpc) is 2.78. The van der Waals surface area contributed by atoms with Gasteiger partial charge in [0, 0.05) is 11.6 Å². The van der Waals surface area contributed by atoms with E-state index in [4.69, 9.17) is 11.6 Å². The summed E-state index contributed by atoms with van der Waals surface area (Å²) in [5.74, 6) is -0.484. The van der Waals surface area contributed by atoms with Gasteiger partial charge >= 0.3 is 0 Å². The second-order valence-electron chi connectivity index (χ2n) is 5.28. The smallest absolute Gasteiger partial charge is 0.223 e. The van der Waals surface area contributed by atoms with E-state index in [0.29, 0.717) is 16.9 Å². The molecular formula is C15H13ClF2N4. The third-order valence-electron chi connectivity index (χ3n) is 3.43. The van der Waals surface area contributed by atoms with Crippen molar-refractivity contribution in [3.63, 3.8) is 0 Å². The monoisotopic (exact) mass is 322 g/mol. The summed E-state index contributed by atoms with van der Waals surface area (Å²) in [5, 5.41) is -0.0922. The number of hydrogen-bond donors (Lipinski definition) is 0. The zero-order valence-electron chi connectivity index (χ0n) is 12.2. The Balaban J connectivity index is 2.32. The minimum absolute atomic E-state index is 0.0324. The van der Waals surface area contributed by atoms with Gasteiger partial charge in [-0.2, -0.15) is 0 Å². The van der Waals surface area contributed by atoms with Crippen molar-refractivity contribution < 1.29 is 8.78 Å². The summed E-state index contributed by atoms with van der Waals surface area (Å²) in [7, 11) is 0. The molecule has 0 atom stereocenters. The molecule has 0 bridgehead atoms. The third kappa shape index (κ3) is 2.33. The van der Waals surface area contributed by atoms with Crippen LogP contribution in [-0.4, -0.2) is 19.5 Å². The summed E-state index contributed by atoms with van der Waals surface area (Å²) < 4.78 is 30.2. The number of fused-ring (bicyclic) bond motifs is 1. The highest BCUT2D eigenvalue weighted by Crippen LogP contribution is 2.30. The van der Waals surface area contributed by atoms with Gasteiger partial charge in [0.25, 0.3) is 0 Å². The highest BCUT2D eigenvalue weighted by molar-refractivity contribution is 6.28. The van der Waals surface area contributed by atoms with E-state index >= 15 is 0 Å². The molecule has 0 saturated carbocycles. The van der Waals surface area contributed by atoms with E-state index in [1.807, 2.05) is 18.4 Å². The summed E-state index contributed by atoms with van der Waals surface area (Å²) in [6, 6.07) is 2.97. The highest BCUT2D eigenvalue weighted by Gasteiger charge is 2.17. The lowest BCUT2D eigenvalue weighted by Gasteiger charge is -2.11. The summed E-state index contributed by atoms with van der Waals surface area (Å²) in [5.41, 5.74) is 1.12. The lowest BCUT2D eigenvalue weighted by molar-refractivity contribution is 0.600. The molecule has 0 spiro atoms. The van der Waals surface area contributed by atoms with Gasteiger partial charge in [-0.3, -0.25) is 0 Å². The Morgan fingerprint density at radius 3 is 2.55 bits per heavy atom. The van der Waals surface area contributed by atoms with Crippen molar-refractivity contribution in [2.24, 2.45) is 0 Å². The highest BCUT2D eigenvalue weighted by atomic mass is 35.5. The molecule has 0 fully saturated rings. The normalized spacial score (nSPS) is 11.6. The second kappa shape index (κ2) is 5.28. The van der Waals surface area contributed by atoms with Crippen molar-refractivity contribution in [2.75, 3.05) is 0 Å². The molecule has 0 aliphatic heterocycles. The Labute approximate surface area is 130 Å². The van der Waals surface area contributed by atoms with E-state index in [0.717, 1.165) is 6.20 Å². The molecule has 0 aliphatic carbocycles. The largest absolute Gasteiger partial charge is 0.326 e. The fraction of sp³-hybridized carbons (Fsp3) is 0.267. The topological polar surface area (TPSA) is 43.6 Å². The van der Waals surface area contributed by atoms with Crippen LogP contribution in [0.15, 0.2) is 18.3 Å². The molecule has 0 aliphatic rings. The molecule has 3 aromatic rings. The quantitative estimate of drug-likeness (QED) is 0.660. The van der Waals surface area contributed by atoms with Gasteiger partial charge in [0.2, 0.25) is 5.28 Å². The lowest BCUT2D eigenvalue weighted by atomic mass is 10.1. The number of halogens is 3.